The van der Waals surface area contributed by atoms with Gasteiger partial charge in [-0.3, -0.25) is 9.59 Å². The van der Waals surface area contributed by atoms with Crippen molar-refractivity contribution in [3.8, 4) is 0 Å². The van der Waals surface area contributed by atoms with E-state index in [2.05, 4.69) is 24.3 Å². The van der Waals surface area contributed by atoms with Crippen LogP contribution in [0, 0.1) is 11.8 Å². The molecule has 2 aliphatic rings. The average molecular weight is 375 g/mol. The third-order valence-corrected chi connectivity index (χ3v) is 5.01. The molecule has 150 valence electrons. The first-order chi connectivity index (χ1) is 12.9. The van der Waals surface area contributed by atoms with Crippen LogP contribution in [-0.4, -0.2) is 80.9 Å². The summed E-state index contributed by atoms with van der Waals surface area (Å²) >= 11 is 0. The van der Waals surface area contributed by atoms with E-state index in [0.29, 0.717) is 19.5 Å². The Labute approximate surface area is 163 Å². The van der Waals surface area contributed by atoms with E-state index in [1.807, 2.05) is 30.3 Å². The molecule has 6 nitrogen and oxygen atoms in total. The van der Waals surface area contributed by atoms with Gasteiger partial charge in [0.15, 0.2) is 0 Å². The summed E-state index contributed by atoms with van der Waals surface area (Å²) in [5.74, 6) is 0.828. The van der Waals surface area contributed by atoms with Gasteiger partial charge in [-0.1, -0.05) is 30.3 Å². The van der Waals surface area contributed by atoms with Crippen LogP contribution in [0.2, 0.25) is 0 Å². The number of amides is 2. The highest BCUT2D eigenvalue weighted by atomic mass is 16.2. The van der Waals surface area contributed by atoms with Gasteiger partial charge < -0.3 is 20.0 Å². The predicted octanol–water partition coefficient (Wildman–Crippen LogP) is 1.28. The molecule has 2 amide bonds. The monoisotopic (exact) mass is 374 g/mol. The lowest BCUT2D eigenvalue weighted by molar-refractivity contribution is -0.133. The normalized spacial score (nSPS) is 22.0. The van der Waals surface area contributed by atoms with Gasteiger partial charge in [-0.15, -0.1) is 0 Å². The first kappa shape index (κ1) is 21.4. The second-order valence-corrected chi connectivity index (χ2v) is 8.01. The van der Waals surface area contributed by atoms with Crippen molar-refractivity contribution in [2.24, 2.45) is 11.8 Å². The van der Waals surface area contributed by atoms with E-state index in [9.17, 15) is 9.59 Å². The zero-order valence-corrected chi connectivity index (χ0v) is 17.1. The van der Waals surface area contributed by atoms with E-state index in [0.717, 1.165) is 11.5 Å². The van der Waals surface area contributed by atoms with Crippen molar-refractivity contribution < 1.29 is 9.59 Å². The molecule has 1 aromatic carbocycles. The highest BCUT2D eigenvalue weighted by molar-refractivity contribution is 5.89. The fourth-order valence-electron chi connectivity index (χ4n) is 3.65. The van der Waals surface area contributed by atoms with E-state index in [-0.39, 0.29) is 17.7 Å². The molecule has 6 heteroatoms. The quantitative estimate of drug-likeness (QED) is 0.844. The lowest BCUT2D eigenvalue weighted by atomic mass is 10.1. The number of nitrogens with zero attached hydrogens (tertiary/aromatic N) is 3. The van der Waals surface area contributed by atoms with Crippen molar-refractivity contribution >= 4 is 11.8 Å². The van der Waals surface area contributed by atoms with Crippen molar-refractivity contribution in [2.75, 3.05) is 54.4 Å². The number of likely N-dealkylation sites (tertiary alicyclic amines) is 1. The van der Waals surface area contributed by atoms with Crippen LogP contribution >= 0.6 is 0 Å². The van der Waals surface area contributed by atoms with E-state index < -0.39 is 0 Å². The molecule has 3 rings (SSSR count). The molecule has 0 spiro atoms. The van der Waals surface area contributed by atoms with Crippen LogP contribution in [0.15, 0.2) is 30.3 Å². The molecular formula is C21H34N4O2. The van der Waals surface area contributed by atoms with E-state index in [1.54, 1.807) is 23.9 Å². The zero-order valence-electron chi connectivity index (χ0n) is 17.1. The molecule has 0 bridgehead atoms. The molecule has 2 fully saturated rings. The summed E-state index contributed by atoms with van der Waals surface area (Å²) < 4.78 is 0. The lowest BCUT2D eigenvalue weighted by Gasteiger charge is -2.18. The zero-order chi connectivity index (χ0) is 19.8. The molecule has 0 aliphatic carbocycles. The Bertz CT molecular complexity index is 597. The summed E-state index contributed by atoms with van der Waals surface area (Å²) in [5.41, 5.74) is 1.10. The minimum atomic E-state index is -0.184. The Balaban J connectivity index is 0.000000244. The molecule has 1 N–H and O–H groups in total. The number of carbonyl (C=O) groups is 2. The summed E-state index contributed by atoms with van der Waals surface area (Å²) in [6, 6.07) is 9.85. The number of rotatable bonds is 5. The highest BCUT2D eigenvalue weighted by Gasteiger charge is 2.34. The summed E-state index contributed by atoms with van der Waals surface area (Å²) in [5, 5.41) is 3.35. The van der Waals surface area contributed by atoms with E-state index >= 15 is 0 Å². The van der Waals surface area contributed by atoms with Crippen molar-refractivity contribution in [3.63, 3.8) is 0 Å². The third kappa shape index (κ3) is 6.96. The summed E-state index contributed by atoms with van der Waals surface area (Å²) in [6.07, 6.45) is 1.70. The Morgan fingerprint density at radius 3 is 2.44 bits per heavy atom. The molecule has 2 unspecified atom stereocenters. The Morgan fingerprint density at radius 2 is 1.89 bits per heavy atom. The maximum atomic E-state index is 11.9. The summed E-state index contributed by atoms with van der Waals surface area (Å²) in [6.45, 7) is 4.81. The van der Waals surface area contributed by atoms with Crippen LogP contribution in [0.5, 0.6) is 0 Å². The maximum Gasteiger partial charge on any atom is 0.227 e. The minimum absolute atomic E-state index is 0.0407. The molecule has 1 aromatic rings. The molecule has 2 aliphatic heterocycles. The fraction of sp³-hybridized carbons (Fsp3) is 0.619. The molecule has 0 aromatic heterocycles. The van der Waals surface area contributed by atoms with Crippen molar-refractivity contribution in [1.29, 1.82) is 0 Å². The fourth-order valence-corrected chi connectivity index (χ4v) is 3.65. The van der Waals surface area contributed by atoms with Gasteiger partial charge in [0, 0.05) is 40.2 Å². The van der Waals surface area contributed by atoms with Crippen molar-refractivity contribution in [3.05, 3.63) is 35.9 Å². The summed E-state index contributed by atoms with van der Waals surface area (Å²) in [4.78, 5) is 29.3. The molecule has 0 radical (unpaired) electrons. The lowest BCUT2D eigenvalue weighted by Crippen LogP contribution is -2.31. The van der Waals surface area contributed by atoms with Gasteiger partial charge in [0.1, 0.15) is 0 Å². The van der Waals surface area contributed by atoms with Crippen LogP contribution in [0.25, 0.3) is 0 Å². The first-order valence-corrected chi connectivity index (χ1v) is 9.75. The van der Waals surface area contributed by atoms with E-state index in [1.165, 1.54) is 26.1 Å². The molecule has 0 saturated carbocycles. The van der Waals surface area contributed by atoms with Crippen molar-refractivity contribution in [1.82, 2.24) is 20.0 Å². The third-order valence-electron chi connectivity index (χ3n) is 5.01. The predicted molar refractivity (Wildman–Crippen MR) is 108 cm³/mol. The van der Waals surface area contributed by atoms with Crippen LogP contribution in [0.3, 0.4) is 0 Å². The largest absolute Gasteiger partial charge is 0.349 e. The number of nitrogens with one attached hydrogen (secondary N) is 1. The second kappa shape index (κ2) is 10.4. The van der Waals surface area contributed by atoms with Gasteiger partial charge in [0.2, 0.25) is 11.8 Å². The number of hydrogen-bond acceptors (Lipinski definition) is 4. The van der Waals surface area contributed by atoms with E-state index in [4.69, 9.17) is 0 Å². The SMILES string of the molecule is CN(C)C(=O)C1CC(=O)N(Cc2ccccc2)C1.CN(C)CC1CCNC1. The molecule has 2 saturated heterocycles. The van der Waals surface area contributed by atoms with Crippen LogP contribution < -0.4 is 5.32 Å². The number of hydrogen-bond donors (Lipinski definition) is 1. The van der Waals surface area contributed by atoms with Crippen LogP contribution in [0.4, 0.5) is 0 Å². The molecular weight excluding hydrogens is 340 g/mol. The van der Waals surface area contributed by atoms with Gasteiger partial charge in [-0.05, 0) is 45.1 Å². The minimum Gasteiger partial charge on any atom is -0.349 e. The Kier molecular flexibility index (Phi) is 8.25. The summed E-state index contributed by atoms with van der Waals surface area (Å²) in [7, 11) is 7.73. The molecule has 2 atom stereocenters. The van der Waals surface area contributed by atoms with Gasteiger partial charge >= 0.3 is 0 Å². The number of carbonyl (C=O) groups excluding carboxylic acids is 2. The molecule has 27 heavy (non-hydrogen) atoms. The first-order valence-electron chi connectivity index (χ1n) is 9.75. The van der Waals surface area contributed by atoms with Crippen LogP contribution in [-0.2, 0) is 16.1 Å². The number of benzene rings is 1. The van der Waals surface area contributed by atoms with Crippen molar-refractivity contribution in [2.45, 2.75) is 19.4 Å². The average Bonchev–Trinajstić information content (AvgIpc) is 3.25. The topological polar surface area (TPSA) is 55.9 Å². The van der Waals surface area contributed by atoms with Gasteiger partial charge in [-0.2, -0.15) is 0 Å². The Hall–Kier alpha value is -1.92. The van der Waals surface area contributed by atoms with Gasteiger partial charge in [-0.25, -0.2) is 0 Å². The Morgan fingerprint density at radius 1 is 1.19 bits per heavy atom. The van der Waals surface area contributed by atoms with Gasteiger partial charge in [0.05, 0.1) is 5.92 Å². The highest BCUT2D eigenvalue weighted by Crippen LogP contribution is 2.21. The smallest absolute Gasteiger partial charge is 0.227 e. The molecule has 2 heterocycles. The van der Waals surface area contributed by atoms with Crippen LogP contribution in [0.1, 0.15) is 18.4 Å². The van der Waals surface area contributed by atoms with Gasteiger partial charge in [0.25, 0.3) is 0 Å². The second-order valence-electron chi connectivity index (χ2n) is 8.01. The standard InChI is InChI=1S/C14H18N2O2.C7H16N2/c1-15(2)14(18)12-8-13(17)16(10-12)9-11-6-4-3-5-7-11;1-9(2)6-7-3-4-8-5-7/h3-7,12H,8-10H2,1-2H3;7-8H,3-6H2,1-2H3. The maximum absolute atomic E-state index is 11.9.